The van der Waals surface area contributed by atoms with Crippen molar-refractivity contribution in [3.05, 3.63) is 35.4 Å². The van der Waals surface area contributed by atoms with Gasteiger partial charge in [0.25, 0.3) is 5.91 Å². The fourth-order valence-corrected chi connectivity index (χ4v) is 1.39. The van der Waals surface area contributed by atoms with E-state index in [0.717, 1.165) is 5.56 Å². The summed E-state index contributed by atoms with van der Waals surface area (Å²) in [5.41, 5.74) is 6.69. The minimum atomic E-state index is -0.312. The Morgan fingerprint density at radius 3 is 2.65 bits per heavy atom. The van der Waals surface area contributed by atoms with Crippen molar-refractivity contribution in [3.63, 3.8) is 0 Å². The third kappa shape index (κ3) is 3.84. The number of carbonyl (C=O) groups excluding carboxylic acids is 1. The highest BCUT2D eigenvalue weighted by molar-refractivity contribution is 5.95. The van der Waals surface area contributed by atoms with Gasteiger partial charge >= 0.3 is 0 Å². The lowest BCUT2D eigenvalue weighted by Gasteiger charge is -2.22. The molecule has 4 heteroatoms. The fraction of sp³-hybridized carbons (Fsp3) is 0.462. The Labute approximate surface area is 102 Å². The quantitative estimate of drug-likeness (QED) is 0.711. The molecule has 0 unspecified atom stereocenters. The van der Waals surface area contributed by atoms with E-state index in [-0.39, 0.29) is 17.9 Å². The normalized spacial score (nSPS) is 11.3. The summed E-state index contributed by atoms with van der Waals surface area (Å²) >= 11 is 0. The number of hydrogen-bond donors (Lipinski definition) is 3. The third-order valence-corrected chi connectivity index (χ3v) is 2.64. The van der Waals surface area contributed by atoms with Gasteiger partial charge in [-0.2, -0.15) is 0 Å². The zero-order valence-electron chi connectivity index (χ0n) is 10.4. The van der Waals surface area contributed by atoms with E-state index < -0.39 is 0 Å². The first-order chi connectivity index (χ1) is 8.00. The topological polar surface area (TPSA) is 75.3 Å². The third-order valence-electron chi connectivity index (χ3n) is 2.64. The molecule has 0 bridgehead atoms. The van der Waals surface area contributed by atoms with Crippen LogP contribution in [-0.4, -0.2) is 24.2 Å². The molecule has 4 N–H and O–H groups in total. The summed E-state index contributed by atoms with van der Waals surface area (Å²) in [5.74, 6) is -0.146. The summed E-state index contributed by atoms with van der Waals surface area (Å²) in [7, 11) is 0. The molecule has 1 aromatic rings. The number of aliphatic hydroxyl groups is 1. The van der Waals surface area contributed by atoms with Crippen molar-refractivity contribution in [2.24, 2.45) is 11.1 Å². The number of nitrogens with one attached hydrogen (secondary N) is 1. The van der Waals surface area contributed by atoms with Gasteiger partial charge in [0.05, 0.1) is 0 Å². The van der Waals surface area contributed by atoms with Crippen molar-refractivity contribution >= 4 is 5.91 Å². The molecule has 0 aromatic heterocycles. The number of hydrogen-bond acceptors (Lipinski definition) is 3. The first kappa shape index (κ1) is 13.7. The summed E-state index contributed by atoms with van der Waals surface area (Å²) in [4.78, 5) is 11.9. The van der Waals surface area contributed by atoms with Gasteiger partial charge in [0.15, 0.2) is 0 Å². The molecule has 0 aliphatic rings. The Kier molecular flexibility index (Phi) is 4.66. The van der Waals surface area contributed by atoms with Gasteiger partial charge in [-0.05, 0) is 11.6 Å². The smallest absolute Gasteiger partial charge is 0.251 e. The number of amides is 1. The zero-order chi connectivity index (χ0) is 12.9. The van der Waals surface area contributed by atoms with Gasteiger partial charge in [0.2, 0.25) is 0 Å². The highest BCUT2D eigenvalue weighted by Gasteiger charge is 2.18. The molecule has 0 fully saturated rings. The average molecular weight is 236 g/mol. The Hall–Kier alpha value is -1.39. The monoisotopic (exact) mass is 236 g/mol. The molecule has 0 atom stereocenters. The fourth-order valence-electron chi connectivity index (χ4n) is 1.39. The van der Waals surface area contributed by atoms with Crippen LogP contribution < -0.4 is 11.1 Å². The van der Waals surface area contributed by atoms with Crippen LogP contribution in [0.1, 0.15) is 29.8 Å². The predicted octanol–water partition coefficient (Wildman–Crippen LogP) is 0.894. The maximum Gasteiger partial charge on any atom is 0.251 e. The van der Waals surface area contributed by atoms with E-state index >= 15 is 0 Å². The number of aliphatic hydroxyl groups excluding tert-OH is 1. The molecule has 0 saturated heterocycles. The van der Waals surface area contributed by atoms with Crippen molar-refractivity contribution in [2.45, 2.75) is 20.4 Å². The van der Waals surface area contributed by atoms with Crippen molar-refractivity contribution in [1.29, 1.82) is 0 Å². The van der Waals surface area contributed by atoms with Crippen molar-refractivity contribution in [3.8, 4) is 0 Å². The van der Waals surface area contributed by atoms with Gasteiger partial charge in [-0.15, -0.1) is 0 Å². The van der Waals surface area contributed by atoms with E-state index in [1.54, 1.807) is 6.07 Å². The van der Waals surface area contributed by atoms with Crippen LogP contribution in [0.2, 0.25) is 0 Å². The van der Waals surface area contributed by atoms with Gasteiger partial charge in [-0.25, -0.2) is 0 Å². The summed E-state index contributed by atoms with van der Waals surface area (Å²) in [5, 5.41) is 11.9. The molecule has 1 amide bonds. The van der Waals surface area contributed by atoms with Crippen LogP contribution in [0.4, 0.5) is 0 Å². The van der Waals surface area contributed by atoms with Crippen molar-refractivity contribution in [1.82, 2.24) is 5.32 Å². The highest BCUT2D eigenvalue weighted by Crippen LogP contribution is 2.13. The van der Waals surface area contributed by atoms with Crippen LogP contribution >= 0.6 is 0 Å². The first-order valence-corrected chi connectivity index (χ1v) is 5.67. The largest absolute Gasteiger partial charge is 0.396 e. The molecule has 1 aromatic carbocycles. The average Bonchev–Trinajstić information content (AvgIpc) is 2.36. The van der Waals surface area contributed by atoms with Crippen LogP contribution in [0.15, 0.2) is 24.3 Å². The highest BCUT2D eigenvalue weighted by atomic mass is 16.3. The molecule has 0 saturated carbocycles. The summed E-state index contributed by atoms with van der Waals surface area (Å²) in [6.45, 7) is 4.59. The summed E-state index contributed by atoms with van der Waals surface area (Å²) < 4.78 is 0. The van der Waals surface area contributed by atoms with Gasteiger partial charge in [0, 0.05) is 30.7 Å². The van der Waals surface area contributed by atoms with E-state index in [4.69, 9.17) is 10.8 Å². The Morgan fingerprint density at radius 2 is 2.06 bits per heavy atom. The Balaban J connectivity index is 2.70. The lowest BCUT2D eigenvalue weighted by atomic mass is 9.95. The number of carbonyl (C=O) groups is 1. The van der Waals surface area contributed by atoms with E-state index in [0.29, 0.717) is 18.7 Å². The van der Waals surface area contributed by atoms with E-state index in [1.807, 2.05) is 32.0 Å². The Morgan fingerprint density at radius 1 is 1.41 bits per heavy atom. The van der Waals surface area contributed by atoms with E-state index in [2.05, 4.69) is 5.32 Å². The number of rotatable bonds is 5. The molecule has 4 nitrogen and oxygen atoms in total. The van der Waals surface area contributed by atoms with Gasteiger partial charge in [0.1, 0.15) is 0 Å². The van der Waals surface area contributed by atoms with E-state index in [9.17, 15) is 4.79 Å². The van der Waals surface area contributed by atoms with Crippen LogP contribution in [0, 0.1) is 5.41 Å². The maximum atomic E-state index is 11.9. The molecule has 1 rings (SSSR count). The molecular formula is C13H20N2O2. The second kappa shape index (κ2) is 5.80. The second-order valence-corrected chi connectivity index (χ2v) is 4.87. The van der Waals surface area contributed by atoms with E-state index in [1.165, 1.54) is 0 Å². The molecule has 0 radical (unpaired) electrons. The molecule has 0 spiro atoms. The minimum absolute atomic E-state index is 0.0335. The molecule has 94 valence electrons. The Bertz CT molecular complexity index is 389. The van der Waals surface area contributed by atoms with Crippen LogP contribution in [-0.2, 0) is 6.54 Å². The van der Waals surface area contributed by atoms with Gasteiger partial charge < -0.3 is 16.2 Å². The van der Waals surface area contributed by atoms with Crippen LogP contribution in [0.5, 0.6) is 0 Å². The molecule has 0 aliphatic heterocycles. The van der Waals surface area contributed by atoms with Crippen LogP contribution in [0.25, 0.3) is 0 Å². The van der Waals surface area contributed by atoms with Gasteiger partial charge in [-0.3, -0.25) is 4.79 Å². The standard InChI is InChI=1S/C13H20N2O2/c1-13(2,9-16)8-15-12(17)11-6-4-3-5-10(11)7-14/h3-6,16H,7-9,14H2,1-2H3,(H,15,17). The maximum absolute atomic E-state index is 11.9. The summed E-state index contributed by atoms with van der Waals surface area (Å²) in [6, 6.07) is 7.26. The number of nitrogens with two attached hydrogens (primary N) is 1. The molecule has 0 aliphatic carbocycles. The van der Waals surface area contributed by atoms with Crippen LogP contribution in [0.3, 0.4) is 0 Å². The van der Waals surface area contributed by atoms with Crippen molar-refractivity contribution < 1.29 is 9.90 Å². The van der Waals surface area contributed by atoms with Gasteiger partial charge in [-0.1, -0.05) is 32.0 Å². The molecule has 0 heterocycles. The number of benzene rings is 1. The summed E-state index contributed by atoms with van der Waals surface area (Å²) in [6.07, 6.45) is 0. The lowest BCUT2D eigenvalue weighted by Crippen LogP contribution is -2.36. The predicted molar refractivity (Wildman–Crippen MR) is 67.5 cm³/mol. The zero-order valence-corrected chi connectivity index (χ0v) is 10.4. The molecule has 17 heavy (non-hydrogen) atoms. The van der Waals surface area contributed by atoms with Crippen molar-refractivity contribution in [2.75, 3.05) is 13.2 Å². The molecular weight excluding hydrogens is 216 g/mol. The SMILES string of the molecule is CC(C)(CO)CNC(=O)c1ccccc1CN. The lowest BCUT2D eigenvalue weighted by molar-refractivity contribution is 0.0910. The minimum Gasteiger partial charge on any atom is -0.396 e. The second-order valence-electron chi connectivity index (χ2n) is 4.87. The first-order valence-electron chi connectivity index (χ1n) is 5.67.